The number of benzene rings is 1. The molecule has 1 heterocycles. The van der Waals surface area contributed by atoms with Crippen molar-refractivity contribution in [3.8, 4) is 0 Å². The Kier molecular flexibility index (Phi) is 3.91. The molecule has 1 aromatic heterocycles. The van der Waals surface area contributed by atoms with E-state index < -0.39 is 11.8 Å². The maximum absolute atomic E-state index is 13.5. The van der Waals surface area contributed by atoms with Gasteiger partial charge in [-0.2, -0.15) is 0 Å². The van der Waals surface area contributed by atoms with E-state index in [0.29, 0.717) is 0 Å². The van der Waals surface area contributed by atoms with Crippen molar-refractivity contribution in [2.24, 2.45) is 0 Å². The number of para-hydroxylation sites is 1. The van der Waals surface area contributed by atoms with Crippen molar-refractivity contribution in [2.75, 3.05) is 5.32 Å². The van der Waals surface area contributed by atoms with E-state index >= 15 is 0 Å². The van der Waals surface area contributed by atoms with Crippen LogP contribution in [0.3, 0.4) is 0 Å². The van der Waals surface area contributed by atoms with E-state index in [2.05, 4.69) is 15.6 Å². The molecule has 0 bridgehead atoms. The lowest BCUT2D eigenvalue weighted by atomic mass is 9.91. The van der Waals surface area contributed by atoms with Crippen LogP contribution >= 0.6 is 0 Å². The number of pyridine rings is 1. The second-order valence-corrected chi connectivity index (χ2v) is 5.28. The van der Waals surface area contributed by atoms with Crippen LogP contribution in [0.25, 0.3) is 0 Å². The number of anilines is 1. The summed E-state index contributed by atoms with van der Waals surface area (Å²) in [6.07, 6.45) is 2.44. The fraction of sp³-hybridized carbons (Fsp3) is 0.250. The summed E-state index contributed by atoms with van der Waals surface area (Å²) < 4.78 is 13.5. The maximum atomic E-state index is 13.5. The predicted molar refractivity (Wildman–Crippen MR) is 81.3 cm³/mol. The van der Waals surface area contributed by atoms with E-state index in [1.807, 2.05) is 0 Å². The molecule has 22 heavy (non-hydrogen) atoms. The highest BCUT2D eigenvalue weighted by atomic mass is 19.1. The van der Waals surface area contributed by atoms with Gasteiger partial charge in [0.05, 0.1) is 11.7 Å². The third kappa shape index (κ3) is 3.00. The molecule has 3 N–H and O–H groups in total. The predicted octanol–water partition coefficient (Wildman–Crippen LogP) is 2.71. The molecule has 5 nitrogen and oxygen atoms in total. The van der Waals surface area contributed by atoms with Crippen molar-refractivity contribution in [3.05, 3.63) is 63.8 Å². The van der Waals surface area contributed by atoms with E-state index in [-0.39, 0.29) is 17.3 Å². The fourth-order valence-electron chi connectivity index (χ4n) is 2.73. The molecule has 114 valence electrons. The van der Waals surface area contributed by atoms with Gasteiger partial charge in [-0.05, 0) is 43.0 Å². The molecule has 1 aromatic carbocycles. The Balaban J connectivity index is 1.73. The number of carbonyl (C=O) groups excluding carboxylic acids is 1. The van der Waals surface area contributed by atoms with Gasteiger partial charge in [0.15, 0.2) is 0 Å². The number of nitrogens with one attached hydrogen (secondary N) is 3. The van der Waals surface area contributed by atoms with Crippen molar-refractivity contribution >= 4 is 11.7 Å². The highest BCUT2D eigenvalue weighted by Crippen LogP contribution is 2.27. The van der Waals surface area contributed by atoms with Gasteiger partial charge in [-0.3, -0.25) is 4.79 Å². The lowest BCUT2D eigenvalue weighted by Gasteiger charge is -2.26. The Morgan fingerprint density at radius 3 is 2.86 bits per heavy atom. The molecule has 1 aliphatic rings. The van der Waals surface area contributed by atoms with Crippen molar-refractivity contribution < 1.29 is 9.18 Å². The lowest BCUT2D eigenvalue weighted by Crippen LogP contribution is -2.35. The van der Waals surface area contributed by atoms with Gasteiger partial charge in [0.2, 0.25) is 5.56 Å². The van der Waals surface area contributed by atoms with Crippen LogP contribution < -0.4 is 16.2 Å². The molecular formula is C16H16FN3O2. The average Bonchev–Trinajstić information content (AvgIpc) is 2.49. The number of aryl methyl sites for hydroxylation is 1. The van der Waals surface area contributed by atoms with Crippen LogP contribution in [0.5, 0.6) is 0 Å². The summed E-state index contributed by atoms with van der Waals surface area (Å²) in [6.45, 7) is 0. The number of aromatic nitrogens is 1. The first-order valence-corrected chi connectivity index (χ1v) is 7.17. The van der Waals surface area contributed by atoms with Crippen LogP contribution in [0, 0.1) is 5.82 Å². The second kappa shape index (κ2) is 6.01. The zero-order chi connectivity index (χ0) is 15.5. The fourth-order valence-corrected chi connectivity index (χ4v) is 2.73. The van der Waals surface area contributed by atoms with E-state index in [0.717, 1.165) is 30.5 Å². The molecule has 0 radical (unpaired) electrons. The molecule has 0 aliphatic heterocycles. The number of aromatic amines is 1. The molecule has 1 unspecified atom stereocenters. The summed E-state index contributed by atoms with van der Waals surface area (Å²) in [4.78, 5) is 26.2. The minimum atomic E-state index is -0.481. The summed E-state index contributed by atoms with van der Waals surface area (Å²) >= 11 is 0. The van der Waals surface area contributed by atoms with E-state index in [1.54, 1.807) is 18.2 Å². The Morgan fingerprint density at radius 2 is 2.05 bits per heavy atom. The number of halogens is 1. The summed E-state index contributed by atoms with van der Waals surface area (Å²) in [5.41, 5.74) is 1.76. The van der Waals surface area contributed by atoms with Gasteiger partial charge in [-0.1, -0.05) is 12.1 Å². The summed E-state index contributed by atoms with van der Waals surface area (Å²) in [5, 5.41) is 5.33. The number of amides is 2. The molecule has 3 rings (SSSR count). The van der Waals surface area contributed by atoms with Gasteiger partial charge in [0.25, 0.3) is 0 Å². The summed E-state index contributed by atoms with van der Waals surface area (Å²) in [5.74, 6) is -0.481. The number of hydrogen-bond donors (Lipinski definition) is 3. The average molecular weight is 301 g/mol. The first-order chi connectivity index (χ1) is 10.6. The summed E-state index contributed by atoms with van der Waals surface area (Å²) in [7, 11) is 0. The molecule has 0 saturated heterocycles. The quantitative estimate of drug-likeness (QED) is 0.798. The van der Waals surface area contributed by atoms with Crippen LogP contribution in [0.1, 0.15) is 30.1 Å². The SMILES string of the molecule is O=C(Nc1ccccc1F)NC1CCCc2[nH]c(=O)ccc21. The molecule has 0 saturated carbocycles. The van der Waals surface area contributed by atoms with Crippen LogP contribution in [-0.2, 0) is 6.42 Å². The highest BCUT2D eigenvalue weighted by molar-refractivity contribution is 5.89. The maximum Gasteiger partial charge on any atom is 0.319 e. The number of hydrogen-bond acceptors (Lipinski definition) is 2. The first-order valence-electron chi connectivity index (χ1n) is 7.17. The molecule has 6 heteroatoms. The molecule has 0 fully saturated rings. The largest absolute Gasteiger partial charge is 0.331 e. The third-order valence-corrected chi connectivity index (χ3v) is 3.76. The zero-order valence-electron chi connectivity index (χ0n) is 11.9. The first kappa shape index (κ1) is 14.3. The molecule has 2 aromatic rings. The Labute approximate surface area is 126 Å². The number of urea groups is 1. The van der Waals surface area contributed by atoms with Gasteiger partial charge >= 0.3 is 6.03 Å². The summed E-state index contributed by atoms with van der Waals surface area (Å²) in [6, 6.07) is 8.54. The molecule has 0 spiro atoms. The standard InChI is InChI=1S/C16H16FN3O2/c17-11-4-1-2-5-14(11)20-16(22)19-13-7-3-6-12-10(13)8-9-15(21)18-12/h1-2,4-5,8-9,13H,3,6-7H2,(H,18,21)(H2,19,20,22). The van der Waals surface area contributed by atoms with Gasteiger partial charge in [-0.25, -0.2) is 9.18 Å². The van der Waals surface area contributed by atoms with Crippen LogP contribution in [-0.4, -0.2) is 11.0 Å². The van der Waals surface area contributed by atoms with E-state index in [9.17, 15) is 14.0 Å². The molecule has 2 amide bonds. The minimum Gasteiger partial charge on any atom is -0.331 e. The second-order valence-electron chi connectivity index (χ2n) is 5.28. The number of H-pyrrole nitrogens is 1. The van der Waals surface area contributed by atoms with Crippen molar-refractivity contribution in [3.63, 3.8) is 0 Å². The Morgan fingerprint density at radius 1 is 1.23 bits per heavy atom. The molecular weight excluding hydrogens is 285 g/mol. The molecule has 1 aliphatic carbocycles. The van der Waals surface area contributed by atoms with Crippen LogP contribution in [0.15, 0.2) is 41.2 Å². The Hall–Kier alpha value is -2.63. The zero-order valence-corrected chi connectivity index (χ0v) is 11.9. The molecule has 1 atom stereocenters. The van der Waals surface area contributed by atoms with E-state index in [1.165, 1.54) is 18.2 Å². The van der Waals surface area contributed by atoms with Gasteiger partial charge in [0.1, 0.15) is 5.82 Å². The number of fused-ring (bicyclic) bond motifs is 1. The monoisotopic (exact) mass is 301 g/mol. The normalized spacial score (nSPS) is 16.7. The van der Waals surface area contributed by atoms with Crippen molar-refractivity contribution in [1.29, 1.82) is 0 Å². The highest BCUT2D eigenvalue weighted by Gasteiger charge is 2.22. The number of carbonyl (C=O) groups is 1. The van der Waals surface area contributed by atoms with Crippen LogP contribution in [0.2, 0.25) is 0 Å². The van der Waals surface area contributed by atoms with Crippen molar-refractivity contribution in [1.82, 2.24) is 10.3 Å². The Bertz CT molecular complexity index is 757. The van der Waals surface area contributed by atoms with Gasteiger partial charge < -0.3 is 15.6 Å². The van der Waals surface area contributed by atoms with E-state index in [4.69, 9.17) is 0 Å². The van der Waals surface area contributed by atoms with Gasteiger partial charge in [-0.15, -0.1) is 0 Å². The van der Waals surface area contributed by atoms with Crippen molar-refractivity contribution in [2.45, 2.75) is 25.3 Å². The number of rotatable bonds is 2. The smallest absolute Gasteiger partial charge is 0.319 e. The third-order valence-electron chi connectivity index (χ3n) is 3.76. The van der Waals surface area contributed by atoms with Crippen LogP contribution in [0.4, 0.5) is 14.9 Å². The topological polar surface area (TPSA) is 74.0 Å². The minimum absolute atomic E-state index is 0.137. The lowest BCUT2D eigenvalue weighted by molar-refractivity contribution is 0.247. The van der Waals surface area contributed by atoms with Gasteiger partial charge in [0, 0.05) is 11.8 Å².